The minimum absolute atomic E-state index is 0.0833. The zero-order valence-electron chi connectivity index (χ0n) is 5.78. The van der Waals surface area contributed by atoms with Crippen molar-refractivity contribution in [3.8, 4) is 0 Å². The smallest absolute Gasteiger partial charge is 0.0602 e. The van der Waals surface area contributed by atoms with Gasteiger partial charge in [-0.15, -0.1) is 47.0 Å². The highest BCUT2D eigenvalue weighted by Crippen LogP contribution is 2.46. The predicted molar refractivity (Wildman–Crippen MR) is 52.5 cm³/mol. The van der Waals surface area contributed by atoms with Gasteiger partial charge in [-0.05, 0) is 0 Å². The lowest BCUT2D eigenvalue weighted by Gasteiger charge is -2.19. The lowest BCUT2D eigenvalue weighted by molar-refractivity contribution is 1.34. The second kappa shape index (κ2) is 3.20. The third-order valence-corrected chi connectivity index (χ3v) is 7.54. The lowest BCUT2D eigenvalue weighted by atomic mass is 10.9. The van der Waals surface area contributed by atoms with Gasteiger partial charge in [0, 0.05) is 17.9 Å². The van der Waals surface area contributed by atoms with Gasteiger partial charge in [-0.3, -0.25) is 0 Å². The van der Waals surface area contributed by atoms with E-state index in [9.17, 15) is 0 Å². The molecule has 3 heterocycles. The van der Waals surface area contributed by atoms with E-state index in [0.717, 1.165) is 0 Å². The number of thioether (sulfide) groups is 4. The second-order valence-corrected chi connectivity index (χ2v) is 7.41. The summed E-state index contributed by atoms with van der Waals surface area (Å²) in [6.45, 7) is 0. The Kier molecular flexibility index (Phi) is 2.12. The van der Waals surface area contributed by atoms with Crippen LogP contribution in [0.25, 0.3) is 0 Å². The summed E-state index contributed by atoms with van der Waals surface area (Å²) < 4.78 is 9.03. The van der Waals surface area contributed by atoms with Gasteiger partial charge >= 0.3 is 0 Å². The number of hydrogen-bond donors (Lipinski definition) is 0. The molecule has 0 amide bonds. The van der Waals surface area contributed by atoms with Crippen LogP contribution in [-0.4, -0.2) is 25.7 Å². The molecule has 0 spiro atoms. The van der Waals surface area contributed by atoms with Gasteiger partial charge in [0.15, 0.2) is 0 Å². The Morgan fingerprint density at radius 1 is 1.00 bits per heavy atom. The summed E-state index contributed by atoms with van der Waals surface area (Å²) in [6, 6.07) is 0. The molecule has 3 rings (SSSR count). The summed E-state index contributed by atoms with van der Waals surface area (Å²) in [5, 5.41) is 0.0833. The highest BCUT2D eigenvalue weighted by atomic mass is 32.3. The number of rotatable bonds is 0. The molecule has 3 aliphatic heterocycles. The van der Waals surface area contributed by atoms with Crippen LogP contribution in [0, 0.1) is 0 Å². The van der Waals surface area contributed by atoms with Crippen LogP contribution >= 0.6 is 47.0 Å². The van der Waals surface area contributed by atoms with Crippen LogP contribution < -0.4 is 0 Å². The Labute approximate surface area is 74.1 Å². The van der Waals surface area contributed by atoms with Crippen molar-refractivity contribution >= 4 is 47.0 Å². The van der Waals surface area contributed by atoms with Crippen LogP contribution in [0.4, 0.5) is 0 Å². The Morgan fingerprint density at radius 3 is 2.00 bits per heavy atom. The molecule has 3 aliphatic rings. The summed E-state index contributed by atoms with van der Waals surface area (Å²) in [5.74, 6) is 2.50. The van der Waals surface area contributed by atoms with Crippen LogP contribution in [0.15, 0.2) is 0 Å². The molecule has 0 aromatic rings. The third kappa shape index (κ3) is 1.70. The van der Waals surface area contributed by atoms with Gasteiger partial charge in [-0.1, -0.05) is 0 Å². The number of hydrogen-bond acceptors (Lipinski definition) is 4. The molecule has 0 aromatic carbocycles. The zero-order valence-corrected chi connectivity index (χ0v) is 8.05. The first kappa shape index (κ1) is 5.98. The fourth-order valence-corrected chi connectivity index (χ4v) is 7.03. The van der Waals surface area contributed by atoms with E-state index >= 15 is 0 Å². The Balaban J connectivity index is 2.05. The first-order valence-electron chi connectivity index (χ1n) is 3.39. The van der Waals surface area contributed by atoms with Crippen LogP contribution in [-0.2, 0) is 0 Å². The normalized spacial score (nSPS) is 52.4. The molecule has 0 N–H and O–H groups in total. The van der Waals surface area contributed by atoms with E-state index in [1.54, 1.807) is 0 Å². The first-order chi connectivity index (χ1) is 4.84. The molecule has 4 heteroatoms. The zero-order chi connectivity index (χ0) is 6.97. The van der Waals surface area contributed by atoms with Gasteiger partial charge in [0.25, 0.3) is 0 Å². The Bertz CT molecular complexity index is 109. The summed E-state index contributed by atoms with van der Waals surface area (Å²) in [5.41, 5.74) is 0. The molecular weight excluding hydrogens is 188 g/mol. The van der Waals surface area contributed by atoms with Crippen molar-refractivity contribution in [3.63, 3.8) is 0 Å². The molecule has 2 unspecified atom stereocenters. The highest BCUT2D eigenvalue weighted by molar-refractivity contribution is 8.31. The van der Waals surface area contributed by atoms with E-state index in [1.807, 2.05) is 47.0 Å². The Hall–Kier alpha value is 1.40. The largest absolute Gasteiger partial charge is 0.145 e. The maximum Gasteiger partial charge on any atom is 0.0602 e. The van der Waals surface area contributed by atoms with Crippen molar-refractivity contribution in [1.29, 1.82) is 0 Å². The maximum atomic E-state index is 7.61. The van der Waals surface area contributed by atoms with E-state index in [2.05, 4.69) is 0 Å². The van der Waals surface area contributed by atoms with E-state index in [1.165, 1.54) is 11.5 Å². The first-order valence-corrected chi connectivity index (χ1v) is 6.79. The van der Waals surface area contributed by atoms with Gasteiger partial charge in [0.1, 0.15) is 0 Å². The van der Waals surface area contributed by atoms with Gasteiger partial charge in [-0.2, -0.15) is 0 Å². The average Bonchev–Trinajstić information content (AvgIpc) is 2.17. The molecule has 0 nitrogen and oxygen atoms in total. The van der Waals surface area contributed by atoms with E-state index in [4.69, 9.17) is 1.37 Å². The van der Waals surface area contributed by atoms with Gasteiger partial charge < -0.3 is 0 Å². The molecule has 3 saturated heterocycles. The Morgan fingerprint density at radius 2 is 1.56 bits per heavy atom. The van der Waals surface area contributed by atoms with Crippen molar-refractivity contribution < 1.29 is 1.37 Å². The van der Waals surface area contributed by atoms with Crippen LogP contribution in [0.5, 0.6) is 0 Å². The quantitative estimate of drug-likeness (QED) is 0.586. The van der Waals surface area contributed by atoms with Crippen molar-refractivity contribution in [2.24, 2.45) is 0 Å². The fourth-order valence-electron chi connectivity index (χ4n) is 0.781. The highest BCUT2D eigenvalue weighted by Gasteiger charge is 2.26. The summed E-state index contributed by atoms with van der Waals surface area (Å²) >= 11 is 7.72. The van der Waals surface area contributed by atoms with Crippen LogP contribution in [0.3, 0.4) is 0 Å². The molecule has 0 saturated carbocycles. The van der Waals surface area contributed by atoms with Crippen LogP contribution in [0.2, 0.25) is 0 Å². The third-order valence-electron chi connectivity index (χ3n) is 1.25. The summed E-state index contributed by atoms with van der Waals surface area (Å²) in [4.78, 5) is 0. The van der Waals surface area contributed by atoms with Crippen molar-refractivity contribution in [2.45, 2.75) is 9.16 Å². The molecule has 0 aliphatic carbocycles. The molecule has 0 radical (unpaired) electrons. The van der Waals surface area contributed by atoms with Gasteiger partial charge in [-0.25, -0.2) is 0 Å². The van der Waals surface area contributed by atoms with Crippen molar-refractivity contribution in [2.75, 3.05) is 16.6 Å². The average molecular weight is 198 g/mol. The fraction of sp³-hybridized carbons (Fsp3) is 1.00. The summed E-state index contributed by atoms with van der Waals surface area (Å²) in [7, 11) is 0. The lowest BCUT2D eigenvalue weighted by Crippen LogP contribution is -2.12. The van der Waals surface area contributed by atoms with Crippen molar-refractivity contribution in [3.05, 3.63) is 0 Å². The second-order valence-electron chi connectivity index (χ2n) is 1.89. The van der Waals surface area contributed by atoms with Crippen LogP contribution in [0.1, 0.15) is 1.37 Å². The minimum atomic E-state index is 0.0833. The van der Waals surface area contributed by atoms with E-state index in [0.29, 0.717) is 9.16 Å². The molecule has 0 aromatic heterocycles. The topological polar surface area (TPSA) is 0 Å². The minimum Gasteiger partial charge on any atom is -0.145 e. The van der Waals surface area contributed by atoms with Gasteiger partial charge in [0.2, 0.25) is 0 Å². The predicted octanol–water partition coefficient (Wildman–Crippen LogP) is 2.56. The van der Waals surface area contributed by atoms with Gasteiger partial charge in [0.05, 0.1) is 9.16 Å². The monoisotopic (exact) mass is 198 g/mol. The SMILES string of the molecule is [3H]C1SC2CSC(CS2)S1. The molecule has 52 valence electrons. The van der Waals surface area contributed by atoms with Crippen molar-refractivity contribution in [1.82, 2.24) is 0 Å². The van der Waals surface area contributed by atoms with E-state index in [-0.39, 0.29) is 5.06 Å². The standard InChI is InChI=1S/C5H8S4/c1-4-7-2-5(6-1)9-3-8-4/h4-5H,1-3H2/i3T. The molecule has 2 atom stereocenters. The maximum absolute atomic E-state index is 7.61. The summed E-state index contributed by atoms with van der Waals surface area (Å²) in [6.07, 6.45) is 0. The molecule has 3 fully saturated rings. The number of fused-ring (bicyclic) bond motifs is 4. The van der Waals surface area contributed by atoms with E-state index < -0.39 is 0 Å². The molecular formula is C5H8S4. The molecule has 9 heavy (non-hydrogen) atoms. The molecule has 2 bridgehead atoms.